The molecule has 5 rings (SSSR count). The molecular formula is C23H30N6O. The first-order valence-electron chi connectivity index (χ1n) is 11.1. The molecular weight excluding hydrogens is 376 g/mol. The van der Waals surface area contributed by atoms with E-state index < -0.39 is 0 Å². The van der Waals surface area contributed by atoms with Crippen LogP contribution in [0.2, 0.25) is 0 Å². The van der Waals surface area contributed by atoms with Gasteiger partial charge in [0.05, 0.1) is 6.54 Å². The quantitative estimate of drug-likeness (QED) is 0.657. The van der Waals surface area contributed by atoms with Crippen molar-refractivity contribution in [2.75, 3.05) is 49.1 Å². The van der Waals surface area contributed by atoms with Crippen molar-refractivity contribution in [1.29, 1.82) is 0 Å². The third-order valence-corrected chi connectivity index (χ3v) is 6.48. The van der Waals surface area contributed by atoms with E-state index in [9.17, 15) is 0 Å². The molecule has 2 fully saturated rings. The Morgan fingerprint density at radius 3 is 2.50 bits per heavy atom. The van der Waals surface area contributed by atoms with E-state index in [1.165, 1.54) is 30.5 Å². The number of rotatable bonds is 4. The molecule has 0 atom stereocenters. The summed E-state index contributed by atoms with van der Waals surface area (Å²) in [7, 11) is 0. The monoisotopic (exact) mass is 406 g/mol. The SMILES string of the molecule is Cc1ncnc(N2CCN(Cc3nc4ccc(N5CCCCC5)cc4o3)CC2)c1C. The van der Waals surface area contributed by atoms with Gasteiger partial charge in [-0.1, -0.05) is 0 Å². The van der Waals surface area contributed by atoms with Gasteiger partial charge in [-0.2, -0.15) is 0 Å². The fraction of sp³-hybridized carbons (Fsp3) is 0.522. The number of oxazole rings is 1. The van der Waals surface area contributed by atoms with Crippen LogP contribution in [-0.2, 0) is 6.54 Å². The summed E-state index contributed by atoms with van der Waals surface area (Å²) < 4.78 is 6.13. The van der Waals surface area contributed by atoms with E-state index in [1.807, 2.05) is 6.92 Å². The van der Waals surface area contributed by atoms with Gasteiger partial charge in [0.2, 0.25) is 5.89 Å². The summed E-state index contributed by atoms with van der Waals surface area (Å²) in [4.78, 5) is 20.8. The lowest BCUT2D eigenvalue weighted by atomic mass is 10.1. The second kappa shape index (κ2) is 8.22. The van der Waals surface area contributed by atoms with Crippen molar-refractivity contribution in [2.45, 2.75) is 39.7 Å². The largest absolute Gasteiger partial charge is 0.439 e. The first-order chi connectivity index (χ1) is 14.7. The first kappa shape index (κ1) is 19.3. The van der Waals surface area contributed by atoms with Crippen LogP contribution in [0.15, 0.2) is 28.9 Å². The molecule has 158 valence electrons. The summed E-state index contributed by atoms with van der Waals surface area (Å²) in [5, 5.41) is 0. The van der Waals surface area contributed by atoms with Crippen molar-refractivity contribution in [3.8, 4) is 0 Å². The van der Waals surface area contributed by atoms with Crippen molar-refractivity contribution in [2.24, 2.45) is 0 Å². The number of piperazine rings is 1. The van der Waals surface area contributed by atoms with Gasteiger partial charge in [-0.05, 0) is 45.2 Å². The Labute approximate surface area is 177 Å². The lowest BCUT2D eigenvalue weighted by molar-refractivity contribution is 0.228. The summed E-state index contributed by atoms with van der Waals surface area (Å²) in [5.41, 5.74) is 5.34. The highest BCUT2D eigenvalue weighted by Gasteiger charge is 2.22. The smallest absolute Gasteiger partial charge is 0.209 e. The third-order valence-electron chi connectivity index (χ3n) is 6.48. The van der Waals surface area contributed by atoms with E-state index in [4.69, 9.17) is 9.40 Å². The number of aromatic nitrogens is 3. The van der Waals surface area contributed by atoms with Gasteiger partial charge < -0.3 is 14.2 Å². The zero-order valence-corrected chi connectivity index (χ0v) is 18.0. The Morgan fingerprint density at radius 2 is 1.70 bits per heavy atom. The van der Waals surface area contributed by atoms with Crippen LogP contribution in [0.3, 0.4) is 0 Å². The van der Waals surface area contributed by atoms with Gasteiger partial charge in [-0.25, -0.2) is 15.0 Å². The molecule has 2 aromatic heterocycles. The molecule has 0 radical (unpaired) electrons. The van der Waals surface area contributed by atoms with Crippen molar-refractivity contribution < 1.29 is 4.42 Å². The number of fused-ring (bicyclic) bond motifs is 1. The van der Waals surface area contributed by atoms with Gasteiger partial charge in [-0.15, -0.1) is 0 Å². The van der Waals surface area contributed by atoms with Gasteiger partial charge >= 0.3 is 0 Å². The van der Waals surface area contributed by atoms with E-state index >= 15 is 0 Å². The van der Waals surface area contributed by atoms with Crippen LogP contribution >= 0.6 is 0 Å². The molecule has 7 heteroatoms. The molecule has 30 heavy (non-hydrogen) atoms. The van der Waals surface area contributed by atoms with Crippen LogP contribution in [0.25, 0.3) is 11.1 Å². The van der Waals surface area contributed by atoms with E-state index in [1.54, 1.807) is 6.33 Å². The molecule has 0 amide bonds. The van der Waals surface area contributed by atoms with E-state index in [-0.39, 0.29) is 0 Å². The molecule has 2 saturated heterocycles. The Bertz CT molecular complexity index is 1020. The van der Waals surface area contributed by atoms with E-state index in [0.717, 1.165) is 74.3 Å². The second-order valence-electron chi connectivity index (χ2n) is 8.48. The molecule has 1 aromatic carbocycles. The van der Waals surface area contributed by atoms with Gasteiger partial charge in [0.25, 0.3) is 0 Å². The molecule has 0 saturated carbocycles. The molecule has 0 bridgehead atoms. The maximum atomic E-state index is 6.13. The second-order valence-corrected chi connectivity index (χ2v) is 8.48. The van der Waals surface area contributed by atoms with Crippen LogP contribution in [0, 0.1) is 13.8 Å². The number of nitrogens with zero attached hydrogens (tertiary/aromatic N) is 6. The van der Waals surface area contributed by atoms with Crippen molar-refractivity contribution in [1.82, 2.24) is 19.9 Å². The predicted molar refractivity (Wildman–Crippen MR) is 119 cm³/mol. The molecule has 2 aliphatic heterocycles. The van der Waals surface area contributed by atoms with Gasteiger partial charge in [0.15, 0.2) is 5.58 Å². The average Bonchev–Trinajstić information content (AvgIpc) is 3.18. The molecule has 3 aromatic rings. The van der Waals surface area contributed by atoms with Crippen molar-refractivity contribution >= 4 is 22.6 Å². The molecule has 0 unspecified atom stereocenters. The summed E-state index contributed by atoms with van der Waals surface area (Å²) in [5.74, 6) is 1.87. The zero-order chi connectivity index (χ0) is 20.5. The molecule has 7 nitrogen and oxygen atoms in total. The maximum absolute atomic E-state index is 6.13. The van der Waals surface area contributed by atoms with Crippen molar-refractivity contribution in [3.05, 3.63) is 41.7 Å². The number of hydrogen-bond donors (Lipinski definition) is 0. The Hall–Kier alpha value is -2.67. The highest BCUT2D eigenvalue weighted by molar-refractivity contribution is 5.77. The van der Waals surface area contributed by atoms with Crippen LogP contribution < -0.4 is 9.80 Å². The fourth-order valence-electron chi connectivity index (χ4n) is 4.53. The first-order valence-corrected chi connectivity index (χ1v) is 11.1. The minimum absolute atomic E-state index is 0.753. The summed E-state index contributed by atoms with van der Waals surface area (Å²) in [6.07, 6.45) is 5.56. The summed E-state index contributed by atoms with van der Waals surface area (Å²) in [6.45, 7) is 11.0. The van der Waals surface area contributed by atoms with Crippen LogP contribution in [0.4, 0.5) is 11.5 Å². The molecule has 4 heterocycles. The fourth-order valence-corrected chi connectivity index (χ4v) is 4.53. The van der Waals surface area contributed by atoms with Gasteiger partial charge in [0, 0.05) is 62.3 Å². The van der Waals surface area contributed by atoms with E-state index in [2.05, 4.69) is 49.8 Å². The van der Waals surface area contributed by atoms with Gasteiger partial charge in [-0.3, -0.25) is 4.90 Å². The predicted octanol–water partition coefficient (Wildman–Crippen LogP) is 3.55. The highest BCUT2D eigenvalue weighted by atomic mass is 16.3. The van der Waals surface area contributed by atoms with Crippen molar-refractivity contribution in [3.63, 3.8) is 0 Å². The summed E-state index contributed by atoms with van der Waals surface area (Å²) in [6, 6.07) is 6.45. The minimum atomic E-state index is 0.753. The number of aryl methyl sites for hydroxylation is 1. The lowest BCUT2D eigenvalue weighted by Gasteiger charge is -2.35. The Balaban J connectivity index is 1.23. The Kier molecular flexibility index (Phi) is 5.29. The standard InChI is InChI=1S/C23H30N6O/c1-17-18(2)24-16-25-23(17)29-12-10-27(11-13-29)15-22-26-20-7-6-19(14-21(20)30-22)28-8-4-3-5-9-28/h6-7,14,16H,3-5,8-13,15H2,1-2H3. The van der Waals surface area contributed by atoms with Gasteiger partial charge in [0.1, 0.15) is 17.7 Å². The third kappa shape index (κ3) is 3.86. The number of hydrogen-bond acceptors (Lipinski definition) is 7. The normalized spacial score (nSPS) is 18.3. The Morgan fingerprint density at radius 1 is 0.900 bits per heavy atom. The number of benzene rings is 1. The summed E-state index contributed by atoms with van der Waals surface area (Å²) >= 11 is 0. The van der Waals surface area contributed by atoms with Crippen LogP contribution in [0.5, 0.6) is 0 Å². The molecule has 0 spiro atoms. The van der Waals surface area contributed by atoms with Crippen LogP contribution in [-0.4, -0.2) is 59.1 Å². The van der Waals surface area contributed by atoms with Crippen LogP contribution in [0.1, 0.15) is 36.4 Å². The average molecular weight is 407 g/mol. The molecule has 0 aliphatic carbocycles. The molecule has 2 aliphatic rings. The lowest BCUT2D eigenvalue weighted by Crippen LogP contribution is -2.46. The number of anilines is 2. The maximum Gasteiger partial charge on any atom is 0.209 e. The topological polar surface area (TPSA) is 61.5 Å². The van der Waals surface area contributed by atoms with E-state index in [0.29, 0.717) is 0 Å². The zero-order valence-electron chi connectivity index (χ0n) is 18.0. The number of piperidine rings is 1. The molecule has 0 N–H and O–H groups in total. The minimum Gasteiger partial charge on any atom is -0.439 e. The highest BCUT2D eigenvalue weighted by Crippen LogP contribution is 2.26.